The average Bonchev–Trinajstić information content (AvgIpc) is 3.04. The van der Waals surface area contributed by atoms with E-state index in [1.54, 1.807) is 0 Å². The van der Waals surface area contributed by atoms with Crippen molar-refractivity contribution in [3.05, 3.63) is 0 Å². The molecule has 5 atom stereocenters. The molecule has 2 aliphatic carbocycles. The van der Waals surface area contributed by atoms with Gasteiger partial charge < -0.3 is 10.2 Å². The van der Waals surface area contributed by atoms with Crippen LogP contribution in [-0.4, -0.2) is 37.5 Å². The second kappa shape index (κ2) is 4.84. The Hall–Kier alpha value is -0.570. The van der Waals surface area contributed by atoms with Crippen LogP contribution in [0.1, 0.15) is 32.6 Å². The van der Waals surface area contributed by atoms with Crippen molar-refractivity contribution >= 4 is 5.91 Å². The van der Waals surface area contributed by atoms with Crippen molar-refractivity contribution in [2.24, 2.45) is 29.6 Å². The van der Waals surface area contributed by atoms with E-state index in [4.69, 9.17) is 0 Å². The van der Waals surface area contributed by atoms with Crippen LogP contribution in [0.5, 0.6) is 0 Å². The van der Waals surface area contributed by atoms with E-state index >= 15 is 0 Å². The van der Waals surface area contributed by atoms with Gasteiger partial charge in [0.25, 0.3) is 0 Å². The van der Waals surface area contributed by atoms with Gasteiger partial charge in [-0.05, 0) is 49.5 Å². The third kappa shape index (κ3) is 2.18. The van der Waals surface area contributed by atoms with Crippen molar-refractivity contribution < 1.29 is 4.79 Å². The minimum atomic E-state index is 0.216. The number of nitrogens with one attached hydrogen (secondary N) is 1. The summed E-state index contributed by atoms with van der Waals surface area (Å²) in [5.74, 6) is 3.78. The molecule has 0 aromatic carbocycles. The Morgan fingerprint density at radius 3 is 2.67 bits per heavy atom. The van der Waals surface area contributed by atoms with Crippen LogP contribution in [-0.2, 0) is 4.79 Å². The van der Waals surface area contributed by atoms with Crippen LogP contribution in [0.2, 0.25) is 0 Å². The zero-order chi connectivity index (χ0) is 12.7. The molecule has 1 amide bonds. The largest absolute Gasteiger partial charge is 0.345 e. The second-order valence-corrected chi connectivity index (χ2v) is 6.90. The molecular formula is C15H26N2O. The van der Waals surface area contributed by atoms with E-state index in [9.17, 15) is 4.79 Å². The zero-order valence-electron chi connectivity index (χ0n) is 11.7. The Morgan fingerprint density at radius 1 is 1.28 bits per heavy atom. The fraction of sp³-hybridized carbons (Fsp3) is 0.933. The summed E-state index contributed by atoms with van der Waals surface area (Å²) >= 11 is 0. The van der Waals surface area contributed by atoms with Gasteiger partial charge >= 0.3 is 0 Å². The van der Waals surface area contributed by atoms with Crippen LogP contribution in [0, 0.1) is 29.6 Å². The van der Waals surface area contributed by atoms with Gasteiger partial charge in [0.05, 0.1) is 5.92 Å². The zero-order valence-corrected chi connectivity index (χ0v) is 11.7. The molecule has 2 bridgehead atoms. The molecule has 0 radical (unpaired) electrons. The molecule has 0 aromatic heterocycles. The van der Waals surface area contributed by atoms with Gasteiger partial charge in [-0.25, -0.2) is 0 Å². The maximum absolute atomic E-state index is 12.4. The molecule has 3 aliphatic rings. The van der Waals surface area contributed by atoms with E-state index in [2.05, 4.69) is 12.2 Å². The number of carbonyl (C=O) groups excluding carboxylic acids is 1. The highest BCUT2D eigenvalue weighted by atomic mass is 16.2. The van der Waals surface area contributed by atoms with Gasteiger partial charge in [-0.15, -0.1) is 0 Å². The maximum atomic E-state index is 12.4. The molecule has 102 valence electrons. The molecule has 3 heteroatoms. The molecule has 1 heterocycles. The Balaban J connectivity index is 1.54. The van der Waals surface area contributed by atoms with E-state index in [1.807, 2.05) is 11.9 Å². The lowest BCUT2D eigenvalue weighted by Crippen LogP contribution is -2.39. The molecule has 18 heavy (non-hydrogen) atoms. The topological polar surface area (TPSA) is 32.3 Å². The first-order valence-electron chi connectivity index (χ1n) is 7.61. The predicted molar refractivity (Wildman–Crippen MR) is 72.1 cm³/mol. The van der Waals surface area contributed by atoms with Crippen molar-refractivity contribution in [3.8, 4) is 0 Å². The maximum Gasteiger partial charge on any atom is 0.227 e. The summed E-state index contributed by atoms with van der Waals surface area (Å²) in [6.45, 7) is 5.07. The van der Waals surface area contributed by atoms with Crippen molar-refractivity contribution in [2.45, 2.75) is 32.6 Å². The monoisotopic (exact) mass is 250 g/mol. The van der Waals surface area contributed by atoms with Gasteiger partial charge in [0.15, 0.2) is 0 Å². The smallest absolute Gasteiger partial charge is 0.227 e. The van der Waals surface area contributed by atoms with Crippen molar-refractivity contribution in [2.75, 3.05) is 26.7 Å². The van der Waals surface area contributed by atoms with Gasteiger partial charge in [-0.3, -0.25) is 4.79 Å². The minimum absolute atomic E-state index is 0.216. The first kappa shape index (κ1) is 12.5. The van der Waals surface area contributed by atoms with Gasteiger partial charge in [0.1, 0.15) is 0 Å². The standard InChI is InChI=1S/C15H26N2O/c1-10-7-16-8-14(10)15(18)17(2)9-13-6-11-3-4-12(13)5-11/h10-14,16H,3-9H2,1-2H3/t10-,11?,12?,13?,14-/m1/s1. The number of nitrogens with zero attached hydrogens (tertiary/aromatic N) is 1. The first-order chi connectivity index (χ1) is 8.65. The van der Waals surface area contributed by atoms with Crippen LogP contribution in [0.3, 0.4) is 0 Å². The number of amides is 1. The molecule has 1 aliphatic heterocycles. The van der Waals surface area contributed by atoms with Crippen molar-refractivity contribution in [1.29, 1.82) is 0 Å². The summed E-state index contributed by atoms with van der Waals surface area (Å²) < 4.78 is 0. The number of hydrogen-bond acceptors (Lipinski definition) is 2. The van der Waals surface area contributed by atoms with Crippen LogP contribution >= 0.6 is 0 Å². The summed E-state index contributed by atoms with van der Waals surface area (Å²) in [5, 5.41) is 3.33. The lowest BCUT2D eigenvalue weighted by Gasteiger charge is -2.29. The summed E-state index contributed by atoms with van der Waals surface area (Å²) in [4.78, 5) is 14.5. The van der Waals surface area contributed by atoms with E-state index in [0.29, 0.717) is 11.8 Å². The molecular weight excluding hydrogens is 224 g/mol. The van der Waals surface area contributed by atoms with E-state index in [-0.39, 0.29) is 5.92 Å². The highest BCUT2D eigenvalue weighted by Crippen LogP contribution is 2.48. The molecule has 0 spiro atoms. The molecule has 3 rings (SSSR count). The lowest BCUT2D eigenvalue weighted by molar-refractivity contribution is -0.135. The number of hydrogen-bond donors (Lipinski definition) is 1. The fourth-order valence-electron chi connectivity index (χ4n) is 4.47. The van der Waals surface area contributed by atoms with Gasteiger partial charge in [-0.1, -0.05) is 13.3 Å². The molecule has 3 fully saturated rings. The van der Waals surface area contributed by atoms with Gasteiger partial charge in [0.2, 0.25) is 5.91 Å². The Bertz CT molecular complexity index is 330. The molecule has 2 saturated carbocycles. The summed E-state index contributed by atoms with van der Waals surface area (Å²) in [6.07, 6.45) is 5.68. The SMILES string of the molecule is C[C@@H]1CNC[C@H]1C(=O)N(C)CC1CC2CCC1C2. The predicted octanol–water partition coefficient (Wildman–Crippen LogP) is 1.74. The molecule has 1 N–H and O–H groups in total. The third-order valence-corrected chi connectivity index (χ3v) is 5.60. The lowest BCUT2D eigenvalue weighted by atomic mass is 9.88. The van der Waals surface area contributed by atoms with Gasteiger partial charge in [0, 0.05) is 20.1 Å². The van der Waals surface area contributed by atoms with Crippen LogP contribution in [0.4, 0.5) is 0 Å². The highest BCUT2D eigenvalue weighted by molar-refractivity contribution is 5.79. The molecule has 1 saturated heterocycles. The third-order valence-electron chi connectivity index (χ3n) is 5.60. The average molecular weight is 250 g/mol. The summed E-state index contributed by atoms with van der Waals surface area (Å²) in [6, 6.07) is 0. The quantitative estimate of drug-likeness (QED) is 0.827. The normalized spacial score (nSPS) is 42.4. The van der Waals surface area contributed by atoms with Crippen LogP contribution in [0.15, 0.2) is 0 Å². The van der Waals surface area contributed by atoms with Crippen molar-refractivity contribution in [1.82, 2.24) is 10.2 Å². The van der Waals surface area contributed by atoms with Crippen LogP contribution in [0.25, 0.3) is 0 Å². The fourth-order valence-corrected chi connectivity index (χ4v) is 4.47. The van der Waals surface area contributed by atoms with E-state index < -0.39 is 0 Å². The van der Waals surface area contributed by atoms with E-state index in [0.717, 1.165) is 37.4 Å². The van der Waals surface area contributed by atoms with E-state index in [1.165, 1.54) is 25.7 Å². The molecule has 3 nitrogen and oxygen atoms in total. The molecule has 0 aromatic rings. The first-order valence-corrected chi connectivity index (χ1v) is 7.61. The summed E-state index contributed by atoms with van der Waals surface area (Å²) in [5.41, 5.74) is 0. The van der Waals surface area contributed by atoms with Crippen molar-refractivity contribution in [3.63, 3.8) is 0 Å². The highest BCUT2D eigenvalue weighted by Gasteiger charge is 2.41. The minimum Gasteiger partial charge on any atom is -0.345 e. The van der Waals surface area contributed by atoms with Gasteiger partial charge in [-0.2, -0.15) is 0 Å². The Morgan fingerprint density at radius 2 is 2.11 bits per heavy atom. The Labute approximate surface area is 110 Å². The van der Waals surface area contributed by atoms with Crippen LogP contribution < -0.4 is 5.32 Å². The number of carbonyl (C=O) groups is 1. The second-order valence-electron chi connectivity index (χ2n) is 6.90. The summed E-state index contributed by atoms with van der Waals surface area (Å²) in [7, 11) is 2.01. The Kier molecular flexibility index (Phi) is 3.35. The number of rotatable bonds is 3. The molecule has 3 unspecified atom stereocenters. The number of fused-ring (bicyclic) bond motifs is 2.